The van der Waals surface area contributed by atoms with E-state index in [-0.39, 0.29) is 0 Å². The Morgan fingerprint density at radius 1 is 1.13 bits per heavy atom. The molecular weight excluding hydrogens is 372 g/mol. The number of aryl methyl sites for hydroxylation is 1. The number of nitrogens with one attached hydrogen (secondary N) is 1. The molecule has 6 heteroatoms. The lowest BCUT2D eigenvalue weighted by Gasteiger charge is -2.38. The normalized spacial score (nSPS) is 15.2. The van der Waals surface area contributed by atoms with Crippen molar-refractivity contribution in [1.29, 1.82) is 0 Å². The zero-order valence-corrected chi connectivity index (χ0v) is 18.1. The number of benzene rings is 1. The zero-order chi connectivity index (χ0) is 20.8. The molecule has 154 valence electrons. The third-order valence-corrected chi connectivity index (χ3v) is 6.29. The molecule has 0 spiro atoms. The quantitative estimate of drug-likeness (QED) is 0.530. The van der Waals surface area contributed by atoms with Gasteiger partial charge in [-0.2, -0.15) is 10.2 Å². The molecule has 4 heterocycles. The predicted octanol–water partition coefficient (Wildman–Crippen LogP) is 4.64. The fourth-order valence-corrected chi connectivity index (χ4v) is 4.54. The van der Waals surface area contributed by atoms with Crippen LogP contribution in [-0.4, -0.2) is 49.3 Å². The monoisotopic (exact) mass is 400 g/mol. The fraction of sp³-hybridized carbons (Fsp3) is 0.375. The summed E-state index contributed by atoms with van der Waals surface area (Å²) in [5, 5.41) is 12.4. The standard InChI is InChI=1S/C24H28N6/c1-5-29-11-20(12-29)17-6-8-18(9-7-17)22-21(15(2)3)23(28-27-22)19-10-16(4)24-25-14-26-30(24)13-19/h6-10,13-15,20H,5,11-12H2,1-4H3,(H,27,28). The van der Waals surface area contributed by atoms with Gasteiger partial charge in [0.15, 0.2) is 5.65 Å². The Morgan fingerprint density at radius 3 is 2.60 bits per heavy atom. The van der Waals surface area contributed by atoms with Crippen molar-refractivity contribution in [2.45, 2.75) is 39.5 Å². The lowest BCUT2D eigenvalue weighted by atomic mass is 9.89. The maximum absolute atomic E-state index is 4.74. The highest BCUT2D eigenvalue weighted by atomic mass is 15.3. The van der Waals surface area contributed by atoms with Gasteiger partial charge < -0.3 is 4.90 Å². The summed E-state index contributed by atoms with van der Waals surface area (Å²) < 4.78 is 1.84. The highest BCUT2D eigenvalue weighted by Crippen LogP contribution is 2.36. The Balaban J connectivity index is 1.51. The van der Waals surface area contributed by atoms with Crippen molar-refractivity contribution in [2.24, 2.45) is 0 Å². The molecule has 1 N–H and O–H groups in total. The van der Waals surface area contributed by atoms with E-state index in [0.717, 1.165) is 40.3 Å². The van der Waals surface area contributed by atoms with E-state index in [2.05, 4.69) is 78.1 Å². The van der Waals surface area contributed by atoms with Crippen molar-refractivity contribution in [3.8, 4) is 22.5 Å². The van der Waals surface area contributed by atoms with E-state index in [1.165, 1.54) is 24.2 Å². The van der Waals surface area contributed by atoms with Crippen LogP contribution in [0.5, 0.6) is 0 Å². The molecular formula is C24H28N6. The van der Waals surface area contributed by atoms with Crippen LogP contribution < -0.4 is 0 Å². The summed E-state index contributed by atoms with van der Waals surface area (Å²) >= 11 is 0. The maximum Gasteiger partial charge on any atom is 0.158 e. The number of aromatic nitrogens is 5. The molecule has 0 amide bonds. The average molecular weight is 401 g/mol. The van der Waals surface area contributed by atoms with Crippen LogP contribution in [0.3, 0.4) is 0 Å². The molecule has 30 heavy (non-hydrogen) atoms. The molecule has 5 rings (SSSR count). The van der Waals surface area contributed by atoms with Gasteiger partial charge in [-0.05, 0) is 36.6 Å². The molecule has 1 aromatic carbocycles. The number of fused-ring (bicyclic) bond motifs is 1. The molecule has 0 saturated carbocycles. The zero-order valence-electron chi connectivity index (χ0n) is 18.1. The second kappa shape index (κ2) is 7.36. The Bertz CT molecular complexity index is 1180. The van der Waals surface area contributed by atoms with Gasteiger partial charge in [-0.15, -0.1) is 0 Å². The van der Waals surface area contributed by atoms with Crippen LogP contribution in [0.4, 0.5) is 0 Å². The fourth-order valence-electron chi connectivity index (χ4n) is 4.54. The minimum Gasteiger partial charge on any atom is -0.302 e. The van der Waals surface area contributed by atoms with Crippen molar-refractivity contribution in [2.75, 3.05) is 19.6 Å². The van der Waals surface area contributed by atoms with E-state index in [0.29, 0.717) is 11.8 Å². The maximum atomic E-state index is 4.74. The number of H-pyrrole nitrogens is 1. The molecule has 6 nitrogen and oxygen atoms in total. The molecule has 1 saturated heterocycles. The van der Waals surface area contributed by atoms with Crippen LogP contribution in [0, 0.1) is 6.92 Å². The Morgan fingerprint density at radius 2 is 1.90 bits per heavy atom. The van der Waals surface area contributed by atoms with E-state index >= 15 is 0 Å². The van der Waals surface area contributed by atoms with Crippen molar-refractivity contribution >= 4 is 5.65 Å². The Kier molecular flexibility index (Phi) is 4.66. The molecule has 3 aromatic heterocycles. The van der Waals surface area contributed by atoms with Gasteiger partial charge in [0.25, 0.3) is 0 Å². The first kappa shape index (κ1) is 19.0. The molecule has 0 bridgehead atoms. The average Bonchev–Trinajstić information content (AvgIpc) is 3.35. The molecule has 0 unspecified atom stereocenters. The summed E-state index contributed by atoms with van der Waals surface area (Å²) in [6.45, 7) is 12.2. The van der Waals surface area contributed by atoms with Crippen LogP contribution in [0.25, 0.3) is 28.2 Å². The van der Waals surface area contributed by atoms with Gasteiger partial charge >= 0.3 is 0 Å². The molecule has 1 aliphatic rings. The highest BCUT2D eigenvalue weighted by molar-refractivity contribution is 5.76. The van der Waals surface area contributed by atoms with Crippen LogP contribution in [0.1, 0.15) is 49.3 Å². The molecule has 0 aliphatic carbocycles. The van der Waals surface area contributed by atoms with Crippen LogP contribution in [0.15, 0.2) is 42.9 Å². The molecule has 1 aliphatic heterocycles. The molecule has 1 fully saturated rings. The van der Waals surface area contributed by atoms with E-state index in [1.807, 2.05) is 10.7 Å². The predicted molar refractivity (Wildman–Crippen MR) is 120 cm³/mol. The van der Waals surface area contributed by atoms with Gasteiger partial charge in [0, 0.05) is 41.9 Å². The lowest BCUT2D eigenvalue weighted by Crippen LogP contribution is -2.44. The van der Waals surface area contributed by atoms with E-state index < -0.39 is 0 Å². The molecule has 4 aromatic rings. The number of rotatable bonds is 5. The SMILES string of the molecule is CCN1CC(c2ccc(-c3n[nH]c(-c4cc(C)c5ncnn5c4)c3C(C)C)cc2)C1. The number of likely N-dealkylation sites (N-methyl/N-ethyl adjacent to an activating group) is 1. The summed E-state index contributed by atoms with van der Waals surface area (Å²) in [6.07, 6.45) is 3.62. The van der Waals surface area contributed by atoms with Gasteiger partial charge in [-0.1, -0.05) is 45.0 Å². The second-order valence-corrected chi connectivity index (χ2v) is 8.63. The van der Waals surface area contributed by atoms with Gasteiger partial charge in [-0.3, -0.25) is 5.10 Å². The van der Waals surface area contributed by atoms with Crippen molar-refractivity contribution in [3.05, 3.63) is 59.5 Å². The van der Waals surface area contributed by atoms with Gasteiger partial charge in [0.2, 0.25) is 0 Å². The second-order valence-electron chi connectivity index (χ2n) is 8.63. The van der Waals surface area contributed by atoms with Crippen molar-refractivity contribution < 1.29 is 0 Å². The molecule has 0 atom stereocenters. The van der Waals surface area contributed by atoms with Crippen LogP contribution in [-0.2, 0) is 0 Å². The lowest BCUT2D eigenvalue weighted by molar-refractivity contribution is 0.157. The number of hydrogen-bond donors (Lipinski definition) is 1. The number of likely N-dealkylation sites (tertiary alicyclic amines) is 1. The Labute approximate surface area is 177 Å². The topological polar surface area (TPSA) is 62.1 Å². The van der Waals surface area contributed by atoms with Crippen molar-refractivity contribution in [3.63, 3.8) is 0 Å². The summed E-state index contributed by atoms with van der Waals surface area (Å²) in [5.41, 5.74) is 8.99. The summed E-state index contributed by atoms with van der Waals surface area (Å²) in [5.74, 6) is 1.00. The first-order valence-electron chi connectivity index (χ1n) is 10.8. The number of nitrogens with zero attached hydrogens (tertiary/aromatic N) is 5. The third kappa shape index (κ3) is 3.12. The van der Waals surface area contributed by atoms with E-state index in [4.69, 9.17) is 5.10 Å². The largest absolute Gasteiger partial charge is 0.302 e. The van der Waals surface area contributed by atoms with Crippen molar-refractivity contribution in [1.82, 2.24) is 29.7 Å². The highest BCUT2D eigenvalue weighted by Gasteiger charge is 2.27. The smallest absolute Gasteiger partial charge is 0.158 e. The van der Waals surface area contributed by atoms with Crippen LogP contribution in [0.2, 0.25) is 0 Å². The summed E-state index contributed by atoms with van der Waals surface area (Å²) in [4.78, 5) is 6.81. The third-order valence-electron chi connectivity index (χ3n) is 6.29. The summed E-state index contributed by atoms with van der Waals surface area (Å²) in [7, 11) is 0. The van der Waals surface area contributed by atoms with Gasteiger partial charge in [0.05, 0.1) is 11.4 Å². The minimum atomic E-state index is 0.338. The van der Waals surface area contributed by atoms with E-state index in [1.54, 1.807) is 6.33 Å². The first-order chi connectivity index (χ1) is 14.5. The van der Waals surface area contributed by atoms with Gasteiger partial charge in [-0.25, -0.2) is 9.50 Å². The van der Waals surface area contributed by atoms with Gasteiger partial charge in [0.1, 0.15) is 6.33 Å². The Hall–Kier alpha value is -2.99. The van der Waals surface area contributed by atoms with Crippen LogP contribution >= 0.6 is 0 Å². The first-order valence-corrected chi connectivity index (χ1v) is 10.8. The van der Waals surface area contributed by atoms with E-state index in [9.17, 15) is 0 Å². The number of pyridine rings is 1. The summed E-state index contributed by atoms with van der Waals surface area (Å²) in [6, 6.07) is 11.2. The minimum absolute atomic E-state index is 0.338. The number of hydrogen-bond acceptors (Lipinski definition) is 4. The molecule has 0 radical (unpaired) electrons. The number of aromatic amines is 1.